The molecule has 0 bridgehead atoms. The van der Waals surface area contributed by atoms with Gasteiger partial charge in [-0.2, -0.15) is 0 Å². The quantitative estimate of drug-likeness (QED) is 0.695. The Morgan fingerprint density at radius 1 is 1.19 bits per heavy atom. The molecular weight excluding hydrogens is 344 g/mol. The first-order valence-corrected chi connectivity index (χ1v) is 9.92. The number of aliphatic hydroxyl groups is 1. The lowest BCUT2D eigenvalue weighted by Crippen LogP contribution is -2.50. The molecule has 3 rings (SSSR count). The van der Waals surface area contributed by atoms with Gasteiger partial charge in [-0.25, -0.2) is 9.97 Å². The van der Waals surface area contributed by atoms with Crippen LogP contribution in [0.5, 0.6) is 0 Å². The molecule has 0 radical (unpaired) electrons. The second-order valence-electron chi connectivity index (χ2n) is 7.67. The highest BCUT2D eigenvalue weighted by molar-refractivity contribution is 5.78. The fourth-order valence-electron chi connectivity index (χ4n) is 3.94. The summed E-state index contributed by atoms with van der Waals surface area (Å²) >= 11 is 0. The molecule has 2 atom stereocenters. The lowest BCUT2D eigenvalue weighted by molar-refractivity contribution is -0.131. The number of carbonyl (C=O) groups is 1. The number of rotatable bonds is 7. The Bertz CT molecular complexity index is 593. The van der Waals surface area contributed by atoms with Crippen molar-refractivity contribution in [2.45, 2.75) is 6.92 Å². The molecule has 2 aliphatic rings. The maximum Gasteiger partial charge on any atom is 0.236 e. The minimum absolute atomic E-state index is 0.155. The summed E-state index contributed by atoms with van der Waals surface area (Å²) in [5, 5.41) is 9.70. The van der Waals surface area contributed by atoms with Crippen molar-refractivity contribution in [2.75, 3.05) is 77.5 Å². The number of carbonyl (C=O) groups excluding carboxylic acids is 1. The number of piperazine rings is 1. The van der Waals surface area contributed by atoms with E-state index in [9.17, 15) is 9.90 Å². The first kappa shape index (κ1) is 20.0. The summed E-state index contributed by atoms with van der Waals surface area (Å²) in [6.45, 7) is 9.43. The number of aliphatic hydroxyl groups excluding tert-OH is 1. The fourth-order valence-corrected chi connectivity index (χ4v) is 3.94. The van der Waals surface area contributed by atoms with Crippen LogP contribution in [0.4, 0.5) is 5.95 Å². The van der Waals surface area contributed by atoms with E-state index >= 15 is 0 Å². The van der Waals surface area contributed by atoms with Crippen LogP contribution in [0.25, 0.3) is 0 Å². The number of aromatic nitrogens is 2. The van der Waals surface area contributed by atoms with Crippen LogP contribution in [0.15, 0.2) is 18.5 Å². The Labute approximate surface area is 161 Å². The summed E-state index contributed by atoms with van der Waals surface area (Å²) in [5.41, 5.74) is 0. The third-order valence-electron chi connectivity index (χ3n) is 5.82. The molecule has 0 unspecified atom stereocenters. The zero-order valence-electron chi connectivity index (χ0n) is 16.5. The van der Waals surface area contributed by atoms with Gasteiger partial charge in [-0.1, -0.05) is 6.92 Å². The molecule has 1 N–H and O–H groups in total. The fraction of sp³-hybridized carbons (Fsp3) is 0.737. The van der Waals surface area contributed by atoms with E-state index in [4.69, 9.17) is 0 Å². The Balaban J connectivity index is 1.47. The summed E-state index contributed by atoms with van der Waals surface area (Å²) in [7, 11) is 2.09. The van der Waals surface area contributed by atoms with Crippen molar-refractivity contribution in [1.29, 1.82) is 0 Å². The molecule has 0 spiro atoms. The molecule has 1 aromatic rings. The van der Waals surface area contributed by atoms with Crippen molar-refractivity contribution in [3.63, 3.8) is 0 Å². The third kappa shape index (κ3) is 5.15. The van der Waals surface area contributed by atoms with E-state index in [0.29, 0.717) is 19.0 Å². The molecule has 1 amide bonds. The largest absolute Gasteiger partial charge is 0.396 e. The number of anilines is 1. The second kappa shape index (κ2) is 9.43. The lowest BCUT2D eigenvalue weighted by Gasteiger charge is -2.35. The lowest BCUT2D eigenvalue weighted by atomic mass is 9.96. The van der Waals surface area contributed by atoms with Crippen molar-refractivity contribution < 1.29 is 9.90 Å². The van der Waals surface area contributed by atoms with E-state index in [1.807, 2.05) is 11.0 Å². The monoisotopic (exact) mass is 376 g/mol. The highest BCUT2D eigenvalue weighted by atomic mass is 16.3. The Morgan fingerprint density at radius 2 is 1.85 bits per heavy atom. The van der Waals surface area contributed by atoms with Crippen molar-refractivity contribution in [3.8, 4) is 0 Å². The molecule has 27 heavy (non-hydrogen) atoms. The summed E-state index contributed by atoms with van der Waals surface area (Å²) < 4.78 is 0. The van der Waals surface area contributed by atoms with Crippen LogP contribution in [0.3, 0.4) is 0 Å². The molecule has 8 nitrogen and oxygen atoms in total. The molecule has 8 heteroatoms. The van der Waals surface area contributed by atoms with Crippen LogP contribution in [0, 0.1) is 11.8 Å². The van der Waals surface area contributed by atoms with Gasteiger partial charge in [0.05, 0.1) is 6.54 Å². The highest BCUT2D eigenvalue weighted by Gasteiger charge is 2.35. The molecule has 2 aliphatic heterocycles. The second-order valence-corrected chi connectivity index (χ2v) is 7.67. The van der Waals surface area contributed by atoms with Gasteiger partial charge in [-0.05, 0) is 25.6 Å². The Kier molecular flexibility index (Phi) is 6.98. The molecule has 0 aromatic carbocycles. The van der Waals surface area contributed by atoms with E-state index < -0.39 is 0 Å². The normalized spacial score (nSPS) is 24.0. The predicted molar refractivity (Wildman–Crippen MR) is 105 cm³/mol. The van der Waals surface area contributed by atoms with Gasteiger partial charge in [0.25, 0.3) is 0 Å². The van der Waals surface area contributed by atoms with Gasteiger partial charge in [0.15, 0.2) is 0 Å². The number of hydrogen-bond donors (Lipinski definition) is 1. The van der Waals surface area contributed by atoms with Crippen LogP contribution < -0.4 is 4.90 Å². The average molecular weight is 377 g/mol. The smallest absolute Gasteiger partial charge is 0.236 e. The molecule has 0 aliphatic carbocycles. The molecular formula is C19H32N6O2. The summed E-state index contributed by atoms with van der Waals surface area (Å²) in [5.74, 6) is 1.49. The van der Waals surface area contributed by atoms with Crippen molar-refractivity contribution in [3.05, 3.63) is 18.5 Å². The first-order chi connectivity index (χ1) is 13.1. The van der Waals surface area contributed by atoms with Gasteiger partial charge in [-0.15, -0.1) is 0 Å². The molecule has 0 saturated carbocycles. The maximum absolute atomic E-state index is 12.8. The van der Waals surface area contributed by atoms with Gasteiger partial charge in [0.2, 0.25) is 11.9 Å². The van der Waals surface area contributed by atoms with Crippen LogP contribution >= 0.6 is 0 Å². The van der Waals surface area contributed by atoms with E-state index in [1.54, 1.807) is 12.4 Å². The summed E-state index contributed by atoms with van der Waals surface area (Å²) in [6.07, 6.45) is 3.52. The first-order valence-electron chi connectivity index (χ1n) is 9.92. The molecule has 1 aromatic heterocycles. The van der Waals surface area contributed by atoms with Crippen LogP contribution in [-0.2, 0) is 4.79 Å². The van der Waals surface area contributed by atoms with Crippen molar-refractivity contribution in [2.24, 2.45) is 11.8 Å². The minimum atomic E-state index is 0.155. The van der Waals surface area contributed by atoms with Crippen LogP contribution in [0.2, 0.25) is 0 Å². The van der Waals surface area contributed by atoms with E-state index in [0.717, 1.165) is 51.8 Å². The zero-order chi connectivity index (χ0) is 19.2. The zero-order valence-corrected chi connectivity index (χ0v) is 16.5. The average Bonchev–Trinajstić information content (AvgIpc) is 3.12. The van der Waals surface area contributed by atoms with Gasteiger partial charge in [0.1, 0.15) is 0 Å². The van der Waals surface area contributed by atoms with E-state index in [1.165, 1.54) is 0 Å². The van der Waals surface area contributed by atoms with Gasteiger partial charge < -0.3 is 19.8 Å². The van der Waals surface area contributed by atoms with Gasteiger partial charge >= 0.3 is 0 Å². The number of amides is 1. The molecule has 150 valence electrons. The van der Waals surface area contributed by atoms with E-state index in [-0.39, 0.29) is 18.4 Å². The van der Waals surface area contributed by atoms with Crippen LogP contribution in [-0.4, -0.2) is 108 Å². The molecule has 3 heterocycles. The Hall–Kier alpha value is -1.77. The standard InChI is InChI=1S/C19H32N6O2/c1-3-22(2)11-16-12-25(13-17(16)15-26)18(27)14-23-7-9-24(10-8-23)19-20-5-4-6-21-19/h4-6,16-17,26H,3,7-15H2,1-2H3/t16-,17-/m1/s1. The van der Waals surface area contributed by atoms with Crippen molar-refractivity contribution in [1.82, 2.24) is 24.7 Å². The minimum Gasteiger partial charge on any atom is -0.396 e. The summed E-state index contributed by atoms with van der Waals surface area (Å²) in [4.78, 5) is 30.0. The van der Waals surface area contributed by atoms with Crippen molar-refractivity contribution >= 4 is 11.9 Å². The number of likely N-dealkylation sites (tertiary alicyclic amines) is 1. The third-order valence-corrected chi connectivity index (χ3v) is 5.82. The summed E-state index contributed by atoms with van der Waals surface area (Å²) in [6, 6.07) is 1.82. The van der Waals surface area contributed by atoms with Gasteiger partial charge in [0, 0.05) is 70.7 Å². The maximum atomic E-state index is 12.8. The van der Waals surface area contributed by atoms with Crippen LogP contribution in [0.1, 0.15) is 6.92 Å². The molecule has 2 fully saturated rings. The Morgan fingerprint density at radius 3 is 2.48 bits per heavy atom. The number of nitrogens with zero attached hydrogens (tertiary/aromatic N) is 6. The molecule has 2 saturated heterocycles. The van der Waals surface area contributed by atoms with Gasteiger partial charge in [-0.3, -0.25) is 9.69 Å². The highest BCUT2D eigenvalue weighted by Crippen LogP contribution is 2.24. The SMILES string of the molecule is CCN(C)C[C@@H]1CN(C(=O)CN2CCN(c3ncccn3)CC2)C[C@@H]1CO. The van der Waals surface area contributed by atoms with E-state index in [2.05, 4.69) is 38.6 Å². The number of hydrogen-bond acceptors (Lipinski definition) is 7. The predicted octanol–water partition coefficient (Wildman–Crippen LogP) is -0.383. The topological polar surface area (TPSA) is 76.0 Å².